The first kappa shape index (κ1) is 20.6. The van der Waals surface area contributed by atoms with Gasteiger partial charge in [-0.05, 0) is 61.6 Å². The lowest BCUT2D eigenvalue weighted by atomic mass is 9.98. The van der Waals surface area contributed by atoms with Gasteiger partial charge in [0.25, 0.3) is 0 Å². The van der Waals surface area contributed by atoms with Crippen molar-refractivity contribution in [2.45, 2.75) is 32.7 Å². The number of nitrogen functional groups attached to an aromatic ring is 1. The lowest BCUT2D eigenvalue weighted by molar-refractivity contribution is -0.133. The number of hydrogen-bond donors (Lipinski definition) is 3. The van der Waals surface area contributed by atoms with Crippen molar-refractivity contribution in [3.8, 4) is 5.69 Å². The number of hydrogen-bond acceptors (Lipinski definition) is 5. The fourth-order valence-corrected chi connectivity index (χ4v) is 4.43. The van der Waals surface area contributed by atoms with E-state index in [9.17, 15) is 4.79 Å². The maximum atomic E-state index is 12.4. The normalized spacial score (nSPS) is 15.4. The Bertz CT molecular complexity index is 1230. The van der Waals surface area contributed by atoms with Gasteiger partial charge in [-0.25, -0.2) is 4.68 Å². The highest BCUT2D eigenvalue weighted by atomic mass is 35.5. The molecule has 0 atom stereocenters. The molecule has 5 rings (SSSR count). The summed E-state index contributed by atoms with van der Waals surface area (Å²) >= 11 is 6.42. The molecule has 2 aliphatic rings. The number of aromatic nitrogens is 2. The van der Waals surface area contributed by atoms with Crippen LogP contribution in [0.15, 0.2) is 36.5 Å². The first-order valence-corrected chi connectivity index (χ1v) is 11.1. The molecule has 7 nitrogen and oxygen atoms in total. The van der Waals surface area contributed by atoms with E-state index in [0.29, 0.717) is 40.2 Å². The lowest BCUT2D eigenvalue weighted by Gasteiger charge is -2.29. The molecule has 164 valence electrons. The van der Waals surface area contributed by atoms with Gasteiger partial charge < -0.3 is 21.4 Å². The number of amides is 1. The van der Waals surface area contributed by atoms with E-state index in [1.54, 1.807) is 12.1 Å². The Kier molecular flexibility index (Phi) is 5.13. The third-order valence-electron chi connectivity index (χ3n) is 6.21. The Morgan fingerprint density at radius 2 is 2.09 bits per heavy atom. The zero-order chi connectivity index (χ0) is 22.4. The molecular formula is C24H25ClN6O. The summed E-state index contributed by atoms with van der Waals surface area (Å²) in [5.74, 6) is 1.26. The predicted octanol–water partition coefficient (Wildman–Crippen LogP) is 4.45. The first-order valence-electron chi connectivity index (χ1n) is 10.8. The van der Waals surface area contributed by atoms with Gasteiger partial charge in [0.15, 0.2) is 5.82 Å². The van der Waals surface area contributed by atoms with Crippen molar-refractivity contribution in [2.75, 3.05) is 17.6 Å². The van der Waals surface area contributed by atoms with E-state index < -0.39 is 0 Å². The molecular weight excluding hydrogens is 424 g/mol. The fourth-order valence-electron chi connectivity index (χ4n) is 4.15. The summed E-state index contributed by atoms with van der Waals surface area (Å²) in [6.45, 7) is 3.46. The molecule has 0 saturated heterocycles. The molecule has 4 N–H and O–H groups in total. The summed E-state index contributed by atoms with van der Waals surface area (Å²) in [5, 5.41) is 15.9. The summed E-state index contributed by atoms with van der Waals surface area (Å²) in [4.78, 5) is 14.4. The summed E-state index contributed by atoms with van der Waals surface area (Å²) in [5.41, 5.74) is 11.9. The molecule has 1 aliphatic heterocycles. The maximum Gasteiger partial charge on any atom is 0.225 e. The summed E-state index contributed by atoms with van der Waals surface area (Å²) < 4.78 is 1.85. The fraction of sp³-hybridized carbons (Fsp3) is 0.292. The first-order chi connectivity index (χ1) is 15.4. The van der Waals surface area contributed by atoms with E-state index in [0.717, 1.165) is 43.3 Å². The Hall–Kier alpha value is -3.32. The number of benzene rings is 2. The number of fused-ring (bicyclic) bond motifs is 1. The number of nitrogens with one attached hydrogen (secondary N) is 2. The highest BCUT2D eigenvalue weighted by Crippen LogP contribution is 2.34. The number of anilines is 3. The minimum absolute atomic E-state index is 0.262. The van der Waals surface area contributed by atoms with Crippen LogP contribution in [0.1, 0.15) is 35.1 Å². The summed E-state index contributed by atoms with van der Waals surface area (Å²) in [7, 11) is 0. The van der Waals surface area contributed by atoms with Crippen molar-refractivity contribution < 1.29 is 4.79 Å². The summed E-state index contributed by atoms with van der Waals surface area (Å²) in [6, 6.07) is 9.82. The predicted molar refractivity (Wildman–Crippen MR) is 127 cm³/mol. The topological polar surface area (TPSA) is 100 Å². The SMILES string of the molecule is Cc1cn(-c2ccc3c(c2)CCN(C(=O)C2CC2)C3)nc1Nc1ccc(N)c(C=N)c1Cl. The Morgan fingerprint density at radius 3 is 2.84 bits per heavy atom. The maximum absolute atomic E-state index is 12.4. The van der Waals surface area contributed by atoms with Crippen molar-refractivity contribution in [1.29, 1.82) is 5.41 Å². The van der Waals surface area contributed by atoms with Crippen LogP contribution in [0.3, 0.4) is 0 Å². The van der Waals surface area contributed by atoms with E-state index in [1.165, 1.54) is 11.1 Å². The van der Waals surface area contributed by atoms with Crippen LogP contribution in [0.25, 0.3) is 5.69 Å². The Labute approximate surface area is 191 Å². The quantitative estimate of drug-likeness (QED) is 0.396. The molecule has 2 aromatic carbocycles. The molecule has 2 heterocycles. The van der Waals surface area contributed by atoms with Crippen LogP contribution in [-0.2, 0) is 17.8 Å². The van der Waals surface area contributed by atoms with Gasteiger partial charge in [-0.1, -0.05) is 17.7 Å². The second-order valence-electron chi connectivity index (χ2n) is 8.54. The molecule has 32 heavy (non-hydrogen) atoms. The van der Waals surface area contributed by atoms with Crippen LogP contribution in [0, 0.1) is 18.3 Å². The van der Waals surface area contributed by atoms with Gasteiger partial charge in [0.05, 0.1) is 16.4 Å². The molecule has 1 amide bonds. The van der Waals surface area contributed by atoms with E-state index in [1.807, 2.05) is 28.8 Å². The zero-order valence-corrected chi connectivity index (χ0v) is 18.6. The van der Waals surface area contributed by atoms with Gasteiger partial charge in [-0.3, -0.25) is 4.79 Å². The van der Waals surface area contributed by atoms with Crippen molar-refractivity contribution >= 4 is 40.9 Å². The number of carbonyl (C=O) groups excluding carboxylic acids is 1. The van der Waals surface area contributed by atoms with Gasteiger partial charge in [-0.2, -0.15) is 0 Å². The third-order valence-corrected chi connectivity index (χ3v) is 6.62. The van der Waals surface area contributed by atoms with Crippen LogP contribution < -0.4 is 11.1 Å². The molecule has 0 unspecified atom stereocenters. The zero-order valence-electron chi connectivity index (χ0n) is 17.9. The average Bonchev–Trinajstić information content (AvgIpc) is 3.58. The minimum atomic E-state index is 0.262. The number of nitrogens with two attached hydrogens (primary N) is 1. The monoisotopic (exact) mass is 448 g/mol. The van der Waals surface area contributed by atoms with Gasteiger partial charge in [-0.15, -0.1) is 5.10 Å². The second kappa shape index (κ2) is 7.98. The molecule has 0 spiro atoms. The van der Waals surface area contributed by atoms with Crippen LogP contribution in [0.5, 0.6) is 0 Å². The Balaban J connectivity index is 1.38. The minimum Gasteiger partial charge on any atom is -0.398 e. The molecule has 8 heteroatoms. The molecule has 1 saturated carbocycles. The standard InChI is InChI=1S/C24H25ClN6O/c1-14-12-31(29-23(14)28-21-7-6-20(27)19(11-26)22(21)25)18-5-4-17-13-30(9-8-16(17)10-18)24(32)15-2-3-15/h4-7,10-12,15,26H,2-3,8-9,13,27H2,1H3,(H,28,29). The number of halogens is 1. The lowest BCUT2D eigenvalue weighted by Crippen LogP contribution is -2.36. The summed E-state index contributed by atoms with van der Waals surface area (Å²) in [6.07, 6.45) is 6.07. The number of carbonyl (C=O) groups is 1. The number of aryl methyl sites for hydroxylation is 1. The molecule has 0 radical (unpaired) electrons. The third kappa shape index (κ3) is 3.73. The molecule has 1 fully saturated rings. The highest BCUT2D eigenvalue weighted by Gasteiger charge is 2.34. The van der Waals surface area contributed by atoms with Crippen LogP contribution in [0.2, 0.25) is 5.02 Å². The van der Waals surface area contributed by atoms with Crippen molar-refractivity contribution in [3.63, 3.8) is 0 Å². The van der Waals surface area contributed by atoms with E-state index >= 15 is 0 Å². The average molecular weight is 449 g/mol. The van der Waals surface area contributed by atoms with Crippen molar-refractivity contribution in [3.05, 3.63) is 63.8 Å². The van der Waals surface area contributed by atoms with E-state index in [-0.39, 0.29) is 5.92 Å². The number of nitrogens with zero attached hydrogens (tertiary/aromatic N) is 3. The molecule has 3 aromatic rings. The molecule has 1 aromatic heterocycles. The highest BCUT2D eigenvalue weighted by molar-refractivity contribution is 6.36. The Morgan fingerprint density at radius 1 is 1.28 bits per heavy atom. The van der Waals surface area contributed by atoms with E-state index in [4.69, 9.17) is 27.8 Å². The van der Waals surface area contributed by atoms with Crippen LogP contribution in [0.4, 0.5) is 17.2 Å². The molecule has 0 bridgehead atoms. The van der Waals surface area contributed by atoms with Gasteiger partial charge in [0.1, 0.15) is 0 Å². The smallest absolute Gasteiger partial charge is 0.225 e. The van der Waals surface area contributed by atoms with Crippen molar-refractivity contribution in [2.24, 2.45) is 5.92 Å². The van der Waals surface area contributed by atoms with Gasteiger partial charge >= 0.3 is 0 Å². The van der Waals surface area contributed by atoms with Crippen LogP contribution in [-0.4, -0.2) is 33.3 Å². The van der Waals surface area contributed by atoms with Crippen molar-refractivity contribution in [1.82, 2.24) is 14.7 Å². The molecule has 1 aliphatic carbocycles. The second-order valence-corrected chi connectivity index (χ2v) is 8.92. The van der Waals surface area contributed by atoms with Gasteiger partial charge in [0.2, 0.25) is 5.91 Å². The largest absolute Gasteiger partial charge is 0.398 e. The van der Waals surface area contributed by atoms with E-state index in [2.05, 4.69) is 17.4 Å². The van der Waals surface area contributed by atoms with Crippen LogP contribution >= 0.6 is 11.6 Å². The van der Waals surface area contributed by atoms with Gasteiger partial charge in [0, 0.05) is 48.2 Å². The number of rotatable bonds is 5.